The number of nitrogens with zero attached hydrogens (tertiary/aromatic N) is 1. The Bertz CT molecular complexity index is 1140. The van der Waals surface area contributed by atoms with Gasteiger partial charge in [0.1, 0.15) is 18.8 Å². The highest BCUT2D eigenvalue weighted by molar-refractivity contribution is 5.91. The Kier molecular flexibility index (Phi) is 13.7. The molecule has 13 heteroatoms. The van der Waals surface area contributed by atoms with Crippen molar-refractivity contribution in [3.05, 3.63) is 35.4 Å². The third kappa shape index (κ3) is 11.3. The van der Waals surface area contributed by atoms with Gasteiger partial charge < -0.3 is 49.0 Å². The zero-order valence-corrected chi connectivity index (χ0v) is 25.9. The Hall–Kier alpha value is -4.55. The van der Waals surface area contributed by atoms with Crippen LogP contribution in [0.1, 0.15) is 81.0 Å². The Balaban J connectivity index is 2.00. The summed E-state index contributed by atoms with van der Waals surface area (Å²) in [6, 6.07) is 4.42. The van der Waals surface area contributed by atoms with Crippen LogP contribution < -0.4 is 9.47 Å². The highest BCUT2D eigenvalue weighted by atomic mass is 16.6. The lowest BCUT2D eigenvalue weighted by Gasteiger charge is -2.27. The van der Waals surface area contributed by atoms with E-state index < -0.39 is 46.6 Å². The summed E-state index contributed by atoms with van der Waals surface area (Å²) < 4.78 is 26.6. The lowest BCUT2D eigenvalue weighted by Crippen LogP contribution is -2.41. The molecule has 0 atom stereocenters. The number of phenolic OH excluding ortho intramolecular Hbond substituents is 4. The maximum absolute atomic E-state index is 12.8. The Morgan fingerprint density at radius 2 is 1.02 bits per heavy atom. The standard InChI is InChI=1S/C31H43NO12/c1-6-8-12-40-26-22(33)16-20(17-23(26)34)28(37)42-14-10-32(30(39)44-31(3,4)5)11-15-43-29(38)21-18-24(35)27(25(36)19-21)41-13-9-7-2/h16-19,33-36H,6-15H2,1-5H3. The van der Waals surface area contributed by atoms with Gasteiger partial charge in [0.2, 0.25) is 11.5 Å². The molecular weight excluding hydrogens is 578 g/mol. The molecule has 13 nitrogen and oxygen atoms in total. The van der Waals surface area contributed by atoms with Crippen molar-refractivity contribution in [2.24, 2.45) is 0 Å². The predicted molar refractivity (Wildman–Crippen MR) is 159 cm³/mol. The van der Waals surface area contributed by atoms with E-state index in [0.29, 0.717) is 12.8 Å². The minimum absolute atomic E-state index is 0.131. The number of carbonyl (C=O) groups is 3. The minimum atomic E-state index is -0.868. The molecule has 2 aromatic rings. The van der Waals surface area contributed by atoms with Crippen molar-refractivity contribution in [2.75, 3.05) is 39.5 Å². The molecule has 0 bridgehead atoms. The predicted octanol–water partition coefficient (Wildman–Crippen LogP) is 5.12. The summed E-state index contributed by atoms with van der Waals surface area (Å²) in [6.07, 6.45) is 2.38. The first kappa shape index (κ1) is 35.6. The number of benzene rings is 2. The van der Waals surface area contributed by atoms with E-state index in [0.717, 1.165) is 37.1 Å². The van der Waals surface area contributed by atoms with Crippen LogP contribution in [0.3, 0.4) is 0 Å². The van der Waals surface area contributed by atoms with Gasteiger partial charge in [0.15, 0.2) is 23.0 Å². The number of hydrogen-bond donors (Lipinski definition) is 4. The molecule has 4 N–H and O–H groups in total. The van der Waals surface area contributed by atoms with E-state index >= 15 is 0 Å². The van der Waals surface area contributed by atoms with Gasteiger partial charge in [0.25, 0.3) is 0 Å². The van der Waals surface area contributed by atoms with Gasteiger partial charge in [0, 0.05) is 0 Å². The van der Waals surface area contributed by atoms with E-state index in [1.54, 1.807) is 20.8 Å². The van der Waals surface area contributed by atoms with Crippen molar-refractivity contribution in [1.29, 1.82) is 0 Å². The number of rotatable bonds is 16. The molecule has 0 saturated carbocycles. The molecule has 0 heterocycles. The maximum Gasteiger partial charge on any atom is 0.410 e. The van der Waals surface area contributed by atoms with Crippen molar-refractivity contribution >= 4 is 18.0 Å². The van der Waals surface area contributed by atoms with Crippen molar-refractivity contribution in [3.63, 3.8) is 0 Å². The zero-order chi connectivity index (χ0) is 32.9. The van der Waals surface area contributed by atoms with E-state index in [2.05, 4.69) is 0 Å². The molecule has 0 aliphatic rings. The van der Waals surface area contributed by atoms with Gasteiger partial charge in [-0.3, -0.25) is 0 Å². The second-order valence-corrected chi connectivity index (χ2v) is 10.8. The molecule has 0 radical (unpaired) electrons. The van der Waals surface area contributed by atoms with Crippen LogP contribution in [0, 0.1) is 0 Å². The normalized spacial score (nSPS) is 11.0. The molecule has 0 aliphatic heterocycles. The third-order valence-corrected chi connectivity index (χ3v) is 5.90. The van der Waals surface area contributed by atoms with E-state index in [-0.39, 0.29) is 62.1 Å². The second kappa shape index (κ2) is 16.9. The summed E-state index contributed by atoms with van der Waals surface area (Å²) in [7, 11) is 0. The fraction of sp³-hybridized carbons (Fsp3) is 0.516. The van der Waals surface area contributed by atoms with Crippen molar-refractivity contribution in [3.8, 4) is 34.5 Å². The van der Waals surface area contributed by atoms with Crippen LogP contribution >= 0.6 is 0 Å². The number of esters is 2. The summed E-state index contributed by atoms with van der Waals surface area (Å²) in [5.74, 6) is -3.71. The van der Waals surface area contributed by atoms with Gasteiger partial charge in [-0.25, -0.2) is 14.4 Å². The molecule has 0 fully saturated rings. The lowest BCUT2D eigenvalue weighted by molar-refractivity contribution is 0.00993. The number of aromatic hydroxyl groups is 4. The van der Waals surface area contributed by atoms with Crippen LogP contribution in [-0.2, 0) is 14.2 Å². The minimum Gasteiger partial charge on any atom is -0.504 e. The Morgan fingerprint density at radius 3 is 1.34 bits per heavy atom. The summed E-state index contributed by atoms with van der Waals surface area (Å²) in [6.45, 7) is 8.65. The fourth-order valence-electron chi connectivity index (χ4n) is 3.65. The van der Waals surface area contributed by atoms with E-state index in [9.17, 15) is 34.8 Å². The first-order valence-corrected chi connectivity index (χ1v) is 14.5. The van der Waals surface area contributed by atoms with Gasteiger partial charge in [-0.15, -0.1) is 0 Å². The number of unbranched alkanes of at least 4 members (excludes halogenated alkanes) is 2. The molecule has 44 heavy (non-hydrogen) atoms. The van der Waals surface area contributed by atoms with Crippen LogP contribution in [0.25, 0.3) is 0 Å². The van der Waals surface area contributed by atoms with Crippen LogP contribution in [0.15, 0.2) is 24.3 Å². The Labute approximate surface area is 256 Å². The second-order valence-electron chi connectivity index (χ2n) is 10.8. The smallest absolute Gasteiger partial charge is 0.410 e. The third-order valence-electron chi connectivity index (χ3n) is 5.90. The quantitative estimate of drug-likeness (QED) is 0.110. The molecular formula is C31H43NO12. The molecule has 0 aromatic heterocycles. The zero-order valence-electron chi connectivity index (χ0n) is 25.9. The average Bonchev–Trinajstić information content (AvgIpc) is 2.93. The number of ether oxygens (including phenoxy) is 5. The number of phenols is 4. The molecule has 0 aliphatic carbocycles. The number of carbonyl (C=O) groups excluding carboxylic acids is 3. The van der Waals surface area contributed by atoms with Gasteiger partial charge in [-0.2, -0.15) is 0 Å². The summed E-state index contributed by atoms with van der Waals surface area (Å²) in [5, 5.41) is 40.8. The van der Waals surface area contributed by atoms with Crippen molar-refractivity contribution in [1.82, 2.24) is 4.90 Å². The Morgan fingerprint density at radius 1 is 0.659 bits per heavy atom. The topological polar surface area (TPSA) is 182 Å². The fourth-order valence-corrected chi connectivity index (χ4v) is 3.65. The van der Waals surface area contributed by atoms with Gasteiger partial charge in [-0.1, -0.05) is 26.7 Å². The van der Waals surface area contributed by atoms with E-state index in [1.807, 2.05) is 13.8 Å². The molecule has 2 aromatic carbocycles. The molecule has 1 amide bonds. The highest BCUT2D eigenvalue weighted by Crippen LogP contribution is 2.38. The van der Waals surface area contributed by atoms with Crippen LogP contribution in [0.5, 0.6) is 34.5 Å². The number of amides is 1. The summed E-state index contributed by atoms with van der Waals surface area (Å²) in [5.41, 5.74) is -1.10. The molecule has 0 unspecified atom stereocenters. The maximum atomic E-state index is 12.8. The van der Waals surface area contributed by atoms with Crippen LogP contribution in [0.4, 0.5) is 4.79 Å². The first-order chi connectivity index (χ1) is 20.8. The van der Waals surface area contributed by atoms with E-state index in [4.69, 9.17) is 23.7 Å². The summed E-state index contributed by atoms with van der Waals surface area (Å²) >= 11 is 0. The van der Waals surface area contributed by atoms with Gasteiger partial charge in [0.05, 0.1) is 37.4 Å². The summed E-state index contributed by atoms with van der Waals surface area (Å²) in [4.78, 5) is 39.1. The molecule has 244 valence electrons. The molecule has 0 saturated heterocycles. The molecule has 0 spiro atoms. The van der Waals surface area contributed by atoms with Crippen LogP contribution in [0.2, 0.25) is 0 Å². The number of hydrogen-bond acceptors (Lipinski definition) is 12. The van der Waals surface area contributed by atoms with Crippen molar-refractivity contribution < 1.29 is 58.5 Å². The lowest BCUT2D eigenvalue weighted by atomic mass is 10.2. The highest BCUT2D eigenvalue weighted by Gasteiger charge is 2.24. The van der Waals surface area contributed by atoms with Crippen molar-refractivity contribution in [2.45, 2.75) is 65.9 Å². The first-order valence-electron chi connectivity index (χ1n) is 14.5. The largest absolute Gasteiger partial charge is 0.504 e. The van der Waals surface area contributed by atoms with Crippen LogP contribution in [-0.4, -0.2) is 88.5 Å². The van der Waals surface area contributed by atoms with Gasteiger partial charge >= 0.3 is 18.0 Å². The monoisotopic (exact) mass is 621 g/mol. The average molecular weight is 622 g/mol. The van der Waals surface area contributed by atoms with E-state index in [1.165, 1.54) is 4.90 Å². The molecule has 2 rings (SSSR count). The van der Waals surface area contributed by atoms with Gasteiger partial charge in [-0.05, 0) is 57.9 Å². The SMILES string of the molecule is CCCCOc1c(O)cc(C(=O)OCCN(CCOC(=O)c2cc(O)c(OCCCC)c(O)c2)C(=O)OC(C)(C)C)cc1O.